The first-order chi connectivity index (χ1) is 9.09. The molecule has 0 spiro atoms. The van der Waals surface area contributed by atoms with Gasteiger partial charge in [-0.3, -0.25) is 0 Å². The standard InChI is InChI=1S/C13H20Cl2N2O2S/c1-13(2,8-16)9-17(3)20(18,19)7-10-11(14)5-4-6-12(10)15/h4-6H,7-9,16H2,1-3H3. The van der Waals surface area contributed by atoms with Gasteiger partial charge >= 0.3 is 0 Å². The Kier molecular flexibility index (Phi) is 5.87. The normalized spacial score (nSPS) is 12.9. The summed E-state index contributed by atoms with van der Waals surface area (Å²) in [5.41, 5.74) is 5.77. The highest BCUT2D eigenvalue weighted by Crippen LogP contribution is 2.27. The summed E-state index contributed by atoms with van der Waals surface area (Å²) < 4.78 is 26.0. The quantitative estimate of drug-likeness (QED) is 0.867. The van der Waals surface area contributed by atoms with Crippen LogP contribution in [0.25, 0.3) is 0 Å². The van der Waals surface area contributed by atoms with Crippen molar-refractivity contribution < 1.29 is 8.42 Å². The summed E-state index contributed by atoms with van der Waals surface area (Å²) in [7, 11) is -1.95. The van der Waals surface area contributed by atoms with E-state index >= 15 is 0 Å². The molecular formula is C13H20Cl2N2O2S. The second-order valence-corrected chi connectivity index (χ2v) is 8.47. The lowest BCUT2D eigenvalue weighted by molar-refractivity contribution is 0.291. The summed E-state index contributed by atoms with van der Waals surface area (Å²) in [6, 6.07) is 4.94. The average molecular weight is 339 g/mol. The Morgan fingerprint density at radius 1 is 1.25 bits per heavy atom. The van der Waals surface area contributed by atoms with Crippen LogP contribution >= 0.6 is 23.2 Å². The van der Waals surface area contributed by atoms with E-state index in [4.69, 9.17) is 28.9 Å². The molecule has 0 saturated heterocycles. The molecule has 0 fully saturated rings. The molecule has 0 saturated carbocycles. The van der Waals surface area contributed by atoms with Gasteiger partial charge in [0.1, 0.15) is 0 Å². The minimum Gasteiger partial charge on any atom is -0.330 e. The van der Waals surface area contributed by atoms with Crippen molar-refractivity contribution in [2.24, 2.45) is 11.1 Å². The van der Waals surface area contributed by atoms with E-state index < -0.39 is 10.0 Å². The average Bonchev–Trinajstić information content (AvgIpc) is 2.33. The lowest BCUT2D eigenvalue weighted by Gasteiger charge is -2.28. The number of sulfonamides is 1. The molecule has 0 bridgehead atoms. The van der Waals surface area contributed by atoms with Gasteiger partial charge in [0.05, 0.1) is 5.75 Å². The molecule has 0 aliphatic carbocycles. The molecule has 1 aromatic carbocycles. The molecule has 0 unspecified atom stereocenters. The van der Waals surface area contributed by atoms with Gasteiger partial charge < -0.3 is 5.73 Å². The molecule has 0 radical (unpaired) electrons. The van der Waals surface area contributed by atoms with Gasteiger partial charge in [0.25, 0.3) is 0 Å². The predicted octanol–water partition coefficient (Wildman–Crippen LogP) is 2.74. The van der Waals surface area contributed by atoms with Crippen LogP contribution < -0.4 is 5.73 Å². The van der Waals surface area contributed by atoms with Crippen LogP contribution in [-0.4, -0.2) is 32.9 Å². The zero-order chi connectivity index (χ0) is 15.6. The molecule has 7 heteroatoms. The zero-order valence-corrected chi connectivity index (χ0v) is 14.2. The number of nitrogens with two attached hydrogens (primary N) is 1. The third kappa shape index (κ3) is 4.60. The molecule has 4 nitrogen and oxygen atoms in total. The smallest absolute Gasteiger partial charge is 0.218 e. The topological polar surface area (TPSA) is 63.4 Å². The van der Waals surface area contributed by atoms with E-state index in [1.807, 2.05) is 13.8 Å². The predicted molar refractivity (Wildman–Crippen MR) is 84.6 cm³/mol. The fourth-order valence-corrected chi connectivity index (χ4v) is 3.86. The van der Waals surface area contributed by atoms with Crippen molar-refractivity contribution in [1.82, 2.24) is 4.31 Å². The summed E-state index contributed by atoms with van der Waals surface area (Å²) in [6.45, 7) is 4.58. The van der Waals surface area contributed by atoms with Crippen LogP contribution in [-0.2, 0) is 15.8 Å². The Labute approximate surface area is 130 Å². The third-order valence-electron chi connectivity index (χ3n) is 3.07. The van der Waals surface area contributed by atoms with Crippen molar-refractivity contribution >= 4 is 33.2 Å². The van der Waals surface area contributed by atoms with Crippen molar-refractivity contribution in [2.45, 2.75) is 19.6 Å². The van der Waals surface area contributed by atoms with Gasteiger partial charge in [-0.25, -0.2) is 12.7 Å². The number of halogens is 2. The molecule has 0 aliphatic rings. The fourth-order valence-electron chi connectivity index (χ4n) is 1.73. The van der Waals surface area contributed by atoms with E-state index in [9.17, 15) is 8.42 Å². The van der Waals surface area contributed by atoms with Gasteiger partial charge in [-0.05, 0) is 24.1 Å². The molecule has 0 amide bonds. The van der Waals surface area contributed by atoms with Gasteiger partial charge in [-0.15, -0.1) is 0 Å². The van der Waals surface area contributed by atoms with Gasteiger partial charge in [0, 0.05) is 29.2 Å². The van der Waals surface area contributed by atoms with E-state index in [2.05, 4.69) is 0 Å². The lowest BCUT2D eigenvalue weighted by atomic mass is 9.94. The van der Waals surface area contributed by atoms with Crippen LogP contribution in [0.15, 0.2) is 18.2 Å². The molecule has 0 aliphatic heterocycles. The molecule has 114 valence electrons. The van der Waals surface area contributed by atoms with Crippen molar-refractivity contribution in [2.75, 3.05) is 20.1 Å². The summed E-state index contributed by atoms with van der Waals surface area (Å²) in [5.74, 6) is -0.220. The highest BCUT2D eigenvalue weighted by Gasteiger charge is 2.27. The van der Waals surface area contributed by atoms with Gasteiger partial charge in [-0.2, -0.15) is 0 Å². The maximum Gasteiger partial charge on any atom is 0.218 e. The Bertz CT molecular complexity index is 553. The Balaban J connectivity index is 2.95. The minimum atomic E-state index is -3.49. The number of nitrogens with zero attached hydrogens (tertiary/aromatic N) is 1. The Morgan fingerprint density at radius 2 is 1.75 bits per heavy atom. The van der Waals surface area contributed by atoms with Gasteiger partial charge in [0.15, 0.2) is 0 Å². The second kappa shape index (κ2) is 6.62. The second-order valence-electron chi connectivity index (χ2n) is 5.58. The van der Waals surface area contributed by atoms with E-state index in [0.29, 0.717) is 28.7 Å². The highest BCUT2D eigenvalue weighted by atomic mass is 35.5. The third-order valence-corrected chi connectivity index (χ3v) is 5.51. The summed E-state index contributed by atoms with van der Waals surface area (Å²) in [6.07, 6.45) is 0. The maximum absolute atomic E-state index is 12.4. The molecule has 0 atom stereocenters. The van der Waals surface area contributed by atoms with Crippen molar-refractivity contribution in [3.63, 3.8) is 0 Å². The number of benzene rings is 1. The number of rotatable bonds is 6. The van der Waals surface area contributed by atoms with Crippen LogP contribution in [0.5, 0.6) is 0 Å². The largest absolute Gasteiger partial charge is 0.330 e. The van der Waals surface area contributed by atoms with Crippen LogP contribution in [0, 0.1) is 5.41 Å². The minimum absolute atomic E-state index is 0.220. The molecule has 2 N–H and O–H groups in total. The van der Waals surface area contributed by atoms with E-state index in [-0.39, 0.29) is 11.2 Å². The molecule has 1 rings (SSSR count). The molecule has 0 aromatic heterocycles. The van der Waals surface area contributed by atoms with Crippen molar-refractivity contribution in [3.05, 3.63) is 33.8 Å². The van der Waals surface area contributed by atoms with Crippen LogP contribution in [0.2, 0.25) is 10.0 Å². The molecule has 1 aromatic rings. The summed E-state index contributed by atoms with van der Waals surface area (Å²) in [5, 5.41) is 0.708. The van der Waals surface area contributed by atoms with Crippen LogP contribution in [0.4, 0.5) is 0 Å². The first kappa shape index (κ1) is 17.7. The highest BCUT2D eigenvalue weighted by molar-refractivity contribution is 7.88. The van der Waals surface area contributed by atoms with E-state index in [1.165, 1.54) is 11.4 Å². The summed E-state index contributed by atoms with van der Waals surface area (Å²) >= 11 is 12.0. The van der Waals surface area contributed by atoms with Crippen molar-refractivity contribution in [3.8, 4) is 0 Å². The van der Waals surface area contributed by atoms with Crippen LogP contribution in [0.3, 0.4) is 0 Å². The van der Waals surface area contributed by atoms with Crippen LogP contribution in [0.1, 0.15) is 19.4 Å². The maximum atomic E-state index is 12.4. The fraction of sp³-hybridized carbons (Fsp3) is 0.538. The first-order valence-electron chi connectivity index (χ1n) is 6.16. The van der Waals surface area contributed by atoms with Crippen molar-refractivity contribution in [1.29, 1.82) is 0 Å². The van der Waals surface area contributed by atoms with Gasteiger partial charge in [-0.1, -0.05) is 43.1 Å². The number of hydrogen-bond acceptors (Lipinski definition) is 3. The molecular weight excluding hydrogens is 319 g/mol. The molecule has 20 heavy (non-hydrogen) atoms. The number of hydrogen-bond donors (Lipinski definition) is 1. The van der Waals surface area contributed by atoms with E-state index in [1.54, 1.807) is 18.2 Å². The Hall–Kier alpha value is -0.330. The Morgan fingerprint density at radius 3 is 2.20 bits per heavy atom. The van der Waals surface area contributed by atoms with E-state index in [0.717, 1.165) is 0 Å². The SMILES string of the molecule is CN(CC(C)(C)CN)S(=O)(=O)Cc1c(Cl)cccc1Cl. The molecule has 0 heterocycles. The monoisotopic (exact) mass is 338 g/mol. The zero-order valence-electron chi connectivity index (χ0n) is 11.9. The summed E-state index contributed by atoms with van der Waals surface area (Å²) in [4.78, 5) is 0. The lowest BCUT2D eigenvalue weighted by Crippen LogP contribution is -2.40. The first-order valence-corrected chi connectivity index (χ1v) is 8.52. The van der Waals surface area contributed by atoms with Gasteiger partial charge in [0.2, 0.25) is 10.0 Å².